The quantitative estimate of drug-likeness (QED) is 0.728. The molecule has 30 heavy (non-hydrogen) atoms. The van der Waals surface area contributed by atoms with Gasteiger partial charge in [-0.25, -0.2) is 9.00 Å². The van der Waals surface area contributed by atoms with Crippen LogP contribution >= 0.6 is 11.6 Å². The molecule has 7 nitrogen and oxygen atoms in total. The normalized spacial score (nSPS) is 23.8. The minimum atomic E-state index is -2.41. The lowest BCUT2D eigenvalue weighted by Crippen LogP contribution is -2.36. The van der Waals surface area contributed by atoms with E-state index in [9.17, 15) is 9.00 Å². The van der Waals surface area contributed by atoms with Crippen LogP contribution in [0.15, 0.2) is 30.6 Å². The molecule has 2 fully saturated rings. The minimum absolute atomic E-state index is 0.141. The number of aryl methyl sites for hydroxylation is 1. The van der Waals surface area contributed by atoms with Gasteiger partial charge in [0.1, 0.15) is 0 Å². The van der Waals surface area contributed by atoms with E-state index in [1.807, 2.05) is 17.0 Å². The second kappa shape index (κ2) is 7.90. The number of benzene rings is 1. The largest absolute Gasteiger partial charge is 0.344 e. The second-order valence-electron chi connectivity index (χ2n) is 8.83. The van der Waals surface area contributed by atoms with Gasteiger partial charge in [-0.1, -0.05) is 17.7 Å². The van der Waals surface area contributed by atoms with E-state index < -0.39 is 9.71 Å². The Balaban J connectivity index is 1.37. The fourth-order valence-corrected chi connectivity index (χ4v) is 5.55. The molecule has 4 rings (SSSR count). The van der Waals surface area contributed by atoms with E-state index in [1.165, 1.54) is 28.3 Å². The lowest BCUT2D eigenvalue weighted by Gasteiger charge is -2.24. The van der Waals surface area contributed by atoms with Crippen LogP contribution in [0.25, 0.3) is 0 Å². The van der Waals surface area contributed by atoms with E-state index in [4.69, 9.17) is 11.6 Å². The van der Waals surface area contributed by atoms with Crippen molar-refractivity contribution in [3.05, 3.63) is 46.7 Å². The van der Waals surface area contributed by atoms with Crippen molar-refractivity contribution in [2.24, 2.45) is 5.41 Å². The maximum atomic E-state index is 12.9. The molecule has 1 aromatic carbocycles. The molecule has 1 spiro atoms. The summed E-state index contributed by atoms with van der Waals surface area (Å²) < 4.78 is 15.9. The van der Waals surface area contributed by atoms with Gasteiger partial charge in [0.2, 0.25) is 0 Å². The molecule has 9 heteroatoms. The molecule has 162 valence electrons. The standard InChI is InChI=1S/C21H28ClN5O2S/c1-16-8-17(10-18(22)9-16)12-25-6-4-21(14-25)5-7-26(15-21)20(28)27-13-19(11-23-27)24-30(2,3)29/h8-11,13H,2,4-7,12,14-15H2,1,3H3,(H,24,29). The molecular weight excluding hydrogens is 422 g/mol. The van der Waals surface area contributed by atoms with Crippen molar-refractivity contribution in [2.45, 2.75) is 26.3 Å². The molecule has 0 saturated carbocycles. The van der Waals surface area contributed by atoms with Crippen molar-refractivity contribution >= 4 is 38.9 Å². The molecule has 1 aromatic heterocycles. The lowest BCUT2D eigenvalue weighted by molar-refractivity contribution is 0.196. The number of amides is 1. The smallest absolute Gasteiger partial charge is 0.322 e. The SMILES string of the molecule is C=S(C)(=O)Nc1cnn(C(=O)N2CCC3(CCN(Cc4cc(C)cc(Cl)c4)C3)C2)c1. The van der Waals surface area contributed by atoms with Crippen LogP contribution in [-0.4, -0.2) is 68.1 Å². The fraction of sp³-hybridized carbons (Fsp3) is 0.476. The zero-order valence-electron chi connectivity index (χ0n) is 17.4. The average Bonchev–Trinajstić information content (AvgIpc) is 3.34. The molecule has 2 aliphatic rings. The number of carbonyl (C=O) groups excluding carboxylic acids is 1. The van der Waals surface area contributed by atoms with Gasteiger partial charge in [0.05, 0.1) is 18.1 Å². The van der Waals surface area contributed by atoms with E-state index in [0.717, 1.165) is 50.6 Å². The first kappa shape index (κ1) is 21.2. The monoisotopic (exact) mass is 449 g/mol. The van der Waals surface area contributed by atoms with Crippen molar-refractivity contribution < 1.29 is 9.00 Å². The first-order valence-electron chi connectivity index (χ1n) is 10.0. The predicted molar refractivity (Wildman–Crippen MR) is 123 cm³/mol. The van der Waals surface area contributed by atoms with Gasteiger partial charge in [0.25, 0.3) is 0 Å². The summed E-state index contributed by atoms with van der Waals surface area (Å²) in [4.78, 5) is 17.2. The zero-order valence-corrected chi connectivity index (χ0v) is 19.0. The van der Waals surface area contributed by atoms with Crippen molar-refractivity contribution in [3.63, 3.8) is 0 Å². The zero-order chi connectivity index (χ0) is 21.5. The summed E-state index contributed by atoms with van der Waals surface area (Å²) in [6.07, 6.45) is 6.67. The summed E-state index contributed by atoms with van der Waals surface area (Å²) in [5.74, 6) is 3.56. The van der Waals surface area contributed by atoms with Crippen LogP contribution in [0.2, 0.25) is 5.02 Å². The molecule has 2 aliphatic heterocycles. The lowest BCUT2D eigenvalue weighted by atomic mass is 9.86. The number of nitrogens with zero attached hydrogens (tertiary/aromatic N) is 4. The van der Waals surface area contributed by atoms with Crippen molar-refractivity contribution in [1.29, 1.82) is 0 Å². The third-order valence-electron chi connectivity index (χ3n) is 5.85. The number of halogens is 1. The van der Waals surface area contributed by atoms with Crippen molar-refractivity contribution in [3.8, 4) is 0 Å². The Hall–Kier alpha value is -2.03. The summed E-state index contributed by atoms with van der Waals surface area (Å²) in [5.41, 5.74) is 3.08. The molecule has 3 heterocycles. The van der Waals surface area contributed by atoms with Crippen LogP contribution in [0, 0.1) is 12.3 Å². The fourth-order valence-electron chi connectivity index (χ4n) is 4.63. The number of hydrogen-bond acceptors (Lipinski definition) is 4. The van der Waals surface area contributed by atoms with Crippen LogP contribution in [0.4, 0.5) is 10.5 Å². The minimum Gasteiger partial charge on any atom is -0.322 e. The van der Waals surface area contributed by atoms with Gasteiger partial charge in [-0.05, 0) is 55.4 Å². The summed E-state index contributed by atoms with van der Waals surface area (Å²) in [6, 6.07) is 6.05. The first-order chi connectivity index (χ1) is 14.1. The van der Waals surface area contributed by atoms with Gasteiger partial charge in [-0.3, -0.25) is 4.90 Å². The van der Waals surface area contributed by atoms with E-state index in [1.54, 1.807) is 6.20 Å². The third kappa shape index (κ3) is 4.82. The Bertz CT molecular complexity index is 1050. The molecule has 0 bridgehead atoms. The maximum Gasteiger partial charge on any atom is 0.344 e. The van der Waals surface area contributed by atoms with Gasteiger partial charge in [0, 0.05) is 52.6 Å². The van der Waals surface area contributed by atoms with Gasteiger partial charge in [-0.15, -0.1) is 0 Å². The predicted octanol–water partition coefficient (Wildman–Crippen LogP) is 3.08. The number of carbonyl (C=O) groups is 1. The van der Waals surface area contributed by atoms with Crippen LogP contribution in [0.1, 0.15) is 24.0 Å². The van der Waals surface area contributed by atoms with Crippen LogP contribution < -0.4 is 4.72 Å². The number of nitrogens with one attached hydrogen (secondary N) is 1. The van der Waals surface area contributed by atoms with Crippen molar-refractivity contribution in [1.82, 2.24) is 19.6 Å². The number of anilines is 1. The summed E-state index contributed by atoms with van der Waals surface area (Å²) in [6.45, 7) is 6.41. The Morgan fingerprint density at radius 1 is 1.30 bits per heavy atom. The van der Waals surface area contributed by atoms with Crippen LogP contribution in [0.3, 0.4) is 0 Å². The highest BCUT2D eigenvalue weighted by atomic mass is 35.5. The Morgan fingerprint density at radius 2 is 2.07 bits per heavy atom. The Kier molecular flexibility index (Phi) is 5.59. The van der Waals surface area contributed by atoms with E-state index in [-0.39, 0.29) is 11.4 Å². The molecule has 0 radical (unpaired) electrons. The average molecular weight is 450 g/mol. The number of rotatable bonds is 4. The van der Waals surface area contributed by atoms with E-state index in [2.05, 4.69) is 33.6 Å². The molecule has 2 atom stereocenters. The number of hydrogen-bond donors (Lipinski definition) is 1. The molecule has 1 amide bonds. The topological polar surface area (TPSA) is 70.5 Å². The van der Waals surface area contributed by atoms with Gasteiger partial charge in [0.15, 0.2) is 0 Å². The molecular formula is C21H28ClN5O2S. The summed E-state index contributed by atoms with van der Waals surface area (Å²) in [7, 11) is -2.41. The van der Waals surface area contributed by atoms with E-state index in [0.29, 0.717) is 5.69 Å². The Morgan fingerprint density at radius 3 is 2.80 bits per heavy atom. The molecule has 2 aromatic rings. The third-order valence-corrected chi connectivity index (χ3v) is 6.73. The van der Waals surface area contributed by atoms with Gasteiger partial charge < -0.3 is 9.62 Å². The highest BCUT2D eigenvalue weighted by Crippen LogP contribution is 2.40. The first-order valence-corrected chi connectivity index (χ1v) is 12.5. The molecule has 1 N–H and O–H groups in total. The maximum absolute atomic E-state index is 12.9. The van der Waals surface area contributed by atoms with Gasteiger partial charge >= 0.3 is 6.03 Å². The van der Waals surface area contributed by atoms with Crippen molar-refractivity contribution in [2.75, 3.05) is 37.2 Å². The highest BCUT2D eigenvalue weighted by Gasteiger charge is 2.45. The summed E-state index contributed by atoms with van der Waals surface area (Å²) >= 11 is 6.21. The highest BCUT2D eigenvalue weighted by molar-refractivity contribution is 8.00. The molecule has 0 aliphatic carbocycles. The number of likely N-dealkylation sites (tertiary alicyclic amines) is 2. The molecule has 2 unspecified atom stereocenters. The van der Waals surface area contributed by atoms with Crippen LogP contribution in [-0.2, 0) is 16.3 Å². The van der Waals surface area contributed by atoms with Gasteiger partial charge in [-0.2, -0.15) is 9.78 Å². The number of aromatic nitrogens is 2. The van der Waals surface area contributed by atoms with E-state index >= 15 is 0 Å². The Labute approximate surface area is 183 Å². The summed E-state index contributed by atoms with van der Waals surface area (Å²) in [5, 5.41) is 4.91. The van der Waals surface area contributed by atoms with Crippen LogP contribution in [0.5, 0.6) is 0 Å². The molecule has 2 saturated heterocycles. The second-order valence-corrected chi connectivity index (χ2v) is 11.5.